The molecule has 2 fully saturated rings. The molecule has 2 aliphatic rings. The number of aromatic nitrogens is 4. The number of aliphatic hydroxyl groups excluding tert-OH is 3. The zero-order chi connectivity index (χ0) is 23.0. The van der Waals surface area contributed by atoms with Crippen molar-refractivity contribution in [3.8, 4) is 0 Å². The number of hydrogen-bond acceptors (Lipinski definition) is 10. The van der Waals surface area contributed by atoms with E-state index in [2.05, 4.69) is 20.3 Å². The Balaban J connectivity index is 1.48. The monoisotopic (exact) mass is 449 g/mol. The number of hydrogen-bond donors (Lipinski definition) is 4. The molecule has 4 rings (SSSR count). The van der Waals surface area contributed by atoms with Crippen LogP contribution in [0.2, 0.25) is 0 Å². The van der Waals surface area contributed by atoms with Crippen LogP contribution >= 0.6 is 0 Å². The first-order chi connectivity index (χ1) is 15.1. The number of carbonyl (C=O) groups excluding carboxylic acids is 1. The third kappa shape index (κ3) is 4.70. The molecule has 11 nitrogen and oxygen atoms in total. The molecule has 176 valence electrons. The lowest BCUT2D eigenvalue weighted by Gasteiger charge is -2.19. The Labute approximate surface area is 185 Å². The van der Waals surface area contributed by atoms with E-state index in [4.69, 9.17) is 9.47 Å². The summed E-state index contributed by atoms with van der Waals surface area (Å²) in [5, 5.41) is 34.4. The lowest BCUT2D eigenvalue weighted by molar-refractivity contribution is -0.152. The highest BCUT2D eigenvalue weighted by Gasteiger charge is 2.45. The van der Waals surface area contributed by atoms with Crippen molar-refractivity contribution in [2.45, 2.75) is 83.1 Å². The predicted octanol–water partition coefficient (Wildman–Crippen LogP) is 0.750. The van der Waals surface area contributed by atoms with Crippen molar-refractivity contribution in [2.75, 3.05) is 11.9 Å². The van der Waals surface area contributed by atoms with Crippen molar-refractivity contribution in [1.29, 1.82) is 0 Å². The minimum absolute atomic E-state index is 0.111. The van der Waals surface area contributed by atoms with Gasteiger partial charge in [-0.1, -0.05) is 20.8 Å². The zero-order valence-corrected chi connectivity index (χ0v) is 18.5. The Morgan fingerprint density at radius 1 is 1.22 bits per heavy atom. The van der Waals surface area contributed by atoms with Gasteiger partial charge in [-0.15, -0.1) is 0 Å². The molecule has 0 spiro atoms. The van der Waals surface area contributed by atoms with E-state index in [1.807, 2.05) is 20.8 Å². The van der Waals surface area contributed by atoms with Crippen molar-refractivity contribution < 1.29 is 29.6 Å². The first-order valence-corrected chi connectivity index (χ1v) is 10.9. The molecule has 3 heterocycles. The van der Waals surface area contributed by atoms with Crippen LogP contribution in [0.1, 0.15) is 52.7 Å². The van der Waals surface area contributed by atoms with Crippen LogP contribution < -0.4 is 5.32 Å². The molecule has 0 bridgehead atoms. The summed E-state index contributed by atoms with van der Waals surface area (Å²) in [7, 11) is 0. The van der Waals surface area contributed by atoms with E-state index in [1.165, 1.54) is 17.2 Å². The smallest absolute Gasteiger partial charge is 0.306 e. The second-order valence-corrected chi connectivity index (χ2v) is 9.76. The van der Waals surface area contributed by atoms with Gasteiger partial charge in [0.05, 0.1) is 24.9 Å². The molecule has 0 amide bonds. The molecule has 1 unspecified atom stereocenters. The number of fused-ring (bicyclic) bond motifs is 1. The summed E-state index contributed by atoms with van der Waals surface area (Å²) in [5.41, 5.74) is 0.665. The molecule has 1 saturated heterocycles. The molecular formula is C21H31N5O6. The van der Waals surface area contributed by atoms with Crippen molar-refractivity contribution in [1.82, 2.24) is 19.5 Å². The highest BCUT2D eigenvalue weighted by atomic mass is 16.6. The van der Waals surface area contributed by atoms with Crippen LogP contribution in [-0.2, 0) is 14.3 Å². The molecule has 1 aliphatic heterocycles. The van der Waals surface area contributed by atoms with Gasteiger partial charge >= 0.3 is 5.97 Å². The van der Waals surface area contributed by atoms with Crippen LogP contribution in [0.15, 0.2) is 12.7 Å². The number of rotatable bonds is 6. The average Bonchev–Trinajstić information content (AvgIpc) is 3.39. The second kappa shape index (κ2) is 8.89. The Morgan fingerprint density at radius 3 is 2.69 bits per heavy atom. The van der Waals surface area contributed by atoms with Crippen LogP contribution in [0.4, 0.5) is 5.82 Å². The van der Waals surface area contributed by atoms with Crippen LogP contribution in [0.25, 0.3) is 11.2 Å². The van der Waals surface area contributed by atoms with Crippen LogP contribution in [-0.4, -0.2) is 77.9 Å². The number of nitrogens with zero attached hydrogens (tertiary/aromatic N) is 4. The van der Waals surface area contributed by atoms with E-state index in [9.17, 15) is 20.1 Å². The van der Waals surface area contributed by atoms with E-state index in [-0.39, 0.29) is 24.5 Å². The molecule has 6 atom stereocenters. The number of nitrogens with one attached hydrogen (secondary N) is 1. The van der Waals surface area contributed by atoms with E-state index in [0.717, 1.165) is 19.3 Å². The minimum Gasteiger partial charge on any atom is -0.463 e. The lowest BCUT2D eigenvalue weighted by atomic mass is 9.92. The maximum Gasteiger partial charge on any atom is 0.306 e. The maximum absolute atomic E-state index is 12.0. The fourth-order valence-corrected chi connectivity index (χ4v) is 4.18. The summed E-state index contributed by atoms with van der Waals surface area (Å²) in [4.78, 5) is 24.9. The summed E-state index contributed by atoms with van der Waals surface area (Å²) in [6.45, 7) is 5.62. The van der Waals surface area contributed by atoms with Gasteiger partial charge < -0.3 is 30.1 Å². The Kier molecular flexibility index (Phi) is 6.35. The highest BCUT2D eigenvalue weighted by molar-refractivity contribution is 5.82. The fourth-order valence-electron chi connectivity index (χ4n) is 4.18. The summed E-state index contributed by atoms with van der Waals surface area (Å²) >= 11 is 0. The molecule has 4 N–H and O–H groups in total. The van der Waals surface area contributed by atoms with E-state index in [1.54, 1.807) is 0 Å². The standard InChI is InChI=1S/C21H31N5O6/c1-21(2,3)7-14(28)31-8-13-16(29)17(30)20(32-13)26-10-24-15-18(22-9-23-19(15)26)25-11-5-4-6-12(11)27/h9-13,16-17,20,27,29-30H,4-8H2,1-3H3,(H,22,23,25)/t11-,12-,13+,16+,17+,20?/m0/s1. The molecule has 32 heavy (non-hydrogen) atoms. The van der Waals surface area contributed by atoms with Gasteiger partial charge in [0.2, 0.25) is 0 Å². The topological polar surface area (TPSA) is 152 Å². The number of aliphatic hydroxyl groups is 3. The molecule has 0 radical (unpaired) electrons. The molecule has 0 aromatic carbocycles. The average molecular weight is 450 g/mol. The first kappa shape index (κ1) is 22.8. The quantitative estimate of drug-likeness (QED) is 0.465. The molecule has 2 aromatic heterocycles. The van der Waals surface area contributed by atoms with Gasteiger partial charge in [-0.05, 0) is 24.7 Å². The molecular weight excluding hydrogens is 418 g/mol. The summed E-state index contributed by atoms with van der Waals surface area (Å²) in [6, 6.07) is -0.111. The summed E-state index contributed by atoms with van der Waals surface area (Å²) in [5.74, 6) is 0.0947. The maximum atomic E-state index is 12.0. The summed E-state index contributed by atoms with van der Waals surface area (Å²) < 4.78 is 12.6. The van der Waals surface area contributed by atoms with Gasteiger partial charge in [0.15, 0.2) is 23.2 Å². The molecule has 1 saturated carbocycles. The lowest BCUT2D eigenvalue weighted by Crippen LogP contribution is -2.34. The number of imidazole rings is 1. The molecule has 1 aliphatic carbocycles. The third-order valence-corrected chi connectivity index (χ3v) is 5.85. The fraction of sp³-hybridized carbons (Fsp3) is 0.714. The zero-order valence-electron chi connectivity index (χ0n) is 18.5. The van der Waals surface area contributed by atoms with Gasteiger partial charge in [0.25, 0.3) is 0 Å². The number of esters is 1. The molecule has 2 aromatic rings. The van der Waals surface area contributed by atoms with E-state index in [0.29, 0.717) is 17.0 Å². The third-order valence-electron chi connectivity index (χ3n) is 5.85. The normalized spacial score (nSPS) is 30.7. The SMILES string of the molecule is CC(C)(C)CC(=O)OC[C@H]1OC(n2cnc3c(N[C@H]4CCC[C@@H]4O)ncnc32)[C@H](O)[C@@H]1O. The van der Waals surface area contributed by atoms with Gasteiger partial charge in [-0.25, -0.2) is 15.0 Å². The van der Waals surface area contributed by atoms with Crippen molar-refractivity contribution in [3.05, 3.63) is 12.7 Å². The number of anilines is 1. The van der Waals surface area contributed by atoms with Gasteiger partial charge in [0, 0.05) is 0 Å². The second-order valence-electron chi connectivity index (χ2n) is 9.76. The predicted molar refractivity (Wildman–Crippen MR) is 114 cm³/mol. The number of carbonyl (C=O) groups is 1. The highest BCUT2D eigenvalue weighted by Crippen LogP contribution is 2.33. The van der Waals surface area contributed by atoms with Crippen LogP contribution in [0.5, 0.6) is 0 Å². The van der Waals surface area contributed by atoms with Crippen LogP contribution in [0.3, 0.4) is 0 Å². The Hall–Kier alpha value is -2.34. The van der Waals surface area contributed by atoms with Crippen molar-refractivity contribution in [2.24, 2.45) is 5.41 Å². The van der Waals surface area contributed by atoms with Crippen molar-refractivity contribution >= 4 is 23.0 Å². The van der Waals surface area contributed by atoms with Gasteiger partial charge in [0.1, 0.15) is 31.2 Å². The summed E-state index contributed by atoms with van der Waals surface area (Å²) in [6.07, 6.45) is 0.776. The van der Waals surface area contributed by atoms with E-state index < -0.39 is 36.6 Å². The Bertz CT molecular complexity index is 960. The largest absolute Gasteiger partial charge is 0.463 e. The van der Waals surface area contributed by atoms with Crippen LogP contribution in [0, 0.1) is 5.41 Å². The van der Waals surface area contributed by atoms with Gasteiger partial charge in [-0.3, -0.25) is 9.36 Å². The Morgan fingerprint density at radius 2 is 2.00 bits per heavy atom. The van der Waals surface area contributed by atoms with Crippen molar-refractivity contribution in [3.63, 3.8) is 0 Å². The molecule has 11 heteroatoms. The minimum atomic E-state index is -1.26. The first-order valence-electron chi connectivity index (χ1n) is 10.9. The number of ether oxygens (including phenoxy) is 2. The van der Waals surface area contributed by atoms with Gasteiger partial charge in [-0.2, -0.15) is 0 Å². The van der Waals surface area contributed by atoms with E-state index >= 15 is 0 Å².